The highest BCUT2D eigenvalue weighted by Crippen LogP contribution is 2.23. The number of nitrogens with one attached hydrogen (secondary N) is 2. The number of hydrogen-bond donors (Lipinski definition) is 2. The number of carbonyl (C=O) groups is 1. The molecule has 9 heteroatoms. The maximum atomic E-state index is 13.7. The Labute approximate surface area is 171 Å². The Hall–Kier alpha value is -3.59. The van der Waals surface area contributed by atoms with Crippen LogP contribution in [-0.4, -0.2) is 42.5 Å². The number of hydrogen-bond acceptors (Lipinski definition) is 5. The van der Waals surface area contributed by atoms with Crippen LogP contribution in [0.15, 0.2) is 54.6 Å². The summed E-state index contributed by atoms with van der Waals surface area (Å²) >= 11 is 0. The molecule has 2 amide bonds. The third-order valence-corrected chi connectivity index (χ3v) is 4.58. The first kappa shape index (κ1) is 19.7. The van der Waals surface area contributed by atoms with E-state index in [9.17, 15) is 13.6 Å². The lowest BCUT2D eigenvalue weighted by Crippen LogP contribution is -2.36. The van der Waals surface area contributed by atoms with Gasteiger partial charge in [0, 0.05) is 30.4 Å². The summed E-state index contributed by atoms with van der Waals surface area (Å²) < 4.78 is 32.0. The Kier molecular flexibility index (Phi) is 5.80. The Bertz CT molecular complexity index is 1040. The largest absolute Gasteiger partial charge is 0.378 e. The van der Waals surface area contributed by atoms with E-state index in [1.807, 2.05) is 18.2 Å². The van der Waals surface area contributed by atoms with E-state index in [2.05, 4.69) is 25.7 Å². The van der Waals surface area contributed by atoms with Gasteiger partial charge in [-0.2, -0.15) is 0 Å². The molecule has 0 atom stereocenters. The van der Waals surface area contributed by atoms with Crippen molar-refractivity contribution in [2.75, 3.05) is 41.8 Å². The predicted molar refractivity (Wildman–Crippen MR) is 109 cm³/mol. The quantitative estimate of drug-likeness (QED) is 0.681. The van der Waals surface area contributed by atoms with E-state index in [0.29, 0.717) is 30.7 Å². The van der Waals surface area contributed by atoms with Crippen molar-refractivity contribution in [3.8, 4) is 11.3 Å². The second-order valence-electron chi connectivity index (χ2n) is 6.66. The molecule has 154 valence electrons. The molecule has 1 aromatic heterocycles. The highest BCUT2D eigenvalue weighted by Gasteiger charge is 2.13. The summed E-state index contributed by atoms with van der Waals surface area (Å²) in [6, 6.07) is 13.1. The van der Waals surface area contributed by atoms with Crippen molar-refractivity contribution in [3.63, 3.8) is 0 Å². The number of nitrogens with zero attached hydrogens (tertiary/aromatic N) is 3. The fourth-order valence-corrected chi connectivity index (χ4v) is 3.07. The number of aromatic nitrogens is 2. The molecule has 0 saturated carbocycles. The molecule has 2 heterocycles. The lowest BCUT2D eigenvalue weighted by atomic mass is 10.1. The van der Waals surface area contributed by atoms with Crippen LogP contribution in [-0.2, 0) is 4.74 Å². The number of carbonyl (C=O) groups excluding carboxylic acids is 1. The maximum Gasteiger partial charge on any atom is 0.323 e. The number of rotatable bonds is 4. The van der Waals surface area contributed by atoms with Crippen LogP contribution in [0.4, 0.5) is 30.8 Å². The normalized spacial score (nSPS) is 13.7. The molecular formula is C21H19F2N5O2. The van der Waals surface area contributed by atoms with Gasteiger partial charge in [0.15, 0.2) is 5.82 Å². The molecule has 0 unspecified atom stereocenters. The Morgan fingerprint density at radius 3 is 2.53 bits per heavy atom. The van der Waals surface area contributed by atoms with Gasteiger partial charge in [0.25, 0.3) is 0 Å². The van der Waals surface area contributed by atoms with Gasteiger partial charge in [0.05, 0.1) is 24.6 Å². The first-order chi connectivity index (χ1) is 14.6. The molecular weight excluding hydrogens is 392 g/mol. The number of anilines is 3. The van der Waals surface area contributed by atoms with Gasteiger partial charge in [-0.25, -0.2) is 13.6 Å². The summed E-state index contributed by atoms with van der Waals surface area (Å²) in [4.78, 5) is 14.3. The molecule has 0 bridgehead atoms. The monoisotopic (exact) mass is 411 g/mol. The molecule has 0 spiro atoms. The van der Waals surface area contributed by atoms with E-state index in [-0.39, 0.29) is 5.69 Å². The highest BCUT2D eigenvalue weighted by atomic mass is 19.1. The molecule has 30 heavy (non-hydrogen) atoms. The molecule has 1 aliphatic rings. The number of morpholine rings is 1. The first-order valence-electron chi connectivity index (χ1n) is 9.38. The number of urea groups is 1. The van der Waals surface area contributed by atoms with Gasteiger partial charge in [-0.1, -0.05) is 12.1 Å². The molecule has 1 aliphatic heterocycles. The zero-order valence-electron chi connectivity index (χ0n) is 15.9. The van der Waals surface area contributed by atoms with Crippen molar-refractivity contribution in [1.82, 2.24) is 10.2 Å². The molecule has 4 rings (SSSR count). The minimum atomic E-state index is -0.852. The topological polar surface area (TPSA) is 79.4 Å². The molecule has 7 nitrogen and oxygen atoms in total. The van der Waals surface area contributed by atoms with Crippen LogP contribution < -0.4 is 15.5 Å². The SMILES string of the molecule is O=C(Nc1cccc(-c2ccc(N3CCOCC3)nn2)c1)Nc1ccc(F)cc1F. The van der Waals surface area contributed by atoms with Crippen LogP contribution >= 0.6 is 0 Å². The third kappa shape index (κ3) is 4.69. The van der Waals surface area contributed by atoms with Crippen molar-refractivity contribution in [2.24, 2.45) is 0 Å². The minimum Gasteiger partial charge on any atom is -0.378 e. The van der Waals surface area contributed by atoms with Gasteiger partial charge in [-0.15, -0.1) is 10.2 Å². The molecule has 0 radical (unpaired) electrons. The number of ether oxygens (including phenoxy) is 1. The molecule has 2 N–H and O–H groups in total. The molecule has 3 aromatic rings. The molecule has 0 aliphatic carbocycles. The maximum absolute atomic E-state index is 13.7. The fourth-order valence-electron chi connectivity index (χ4n) is 3.07. The first-order valence-corrected chi connectivity index (χ1v) is 9.38. The summed E-state index contributed by atoms with van der Waals surface area (Å²) in [5.41, 5.74) is 1.80. The van der Waals surface area contributed by atoms with Crippen LogP contribution in [0.3, 0.4) is 0 Å². The summed E-state index contributed by atoms with van der Waals surface area (Å²) in [6.45, 7) is 2.89. The Morgan fingerprint density at radius 2 is 1.80 bits per heavy atom. The number of halogens is 2. The van der Waals surface area contributed by atoms with Gasteiger partial charge in [0.2, 0.25) is 0 Å². The molecule has 1 saturated heterocycles. The van der Waals surface area contributed by atoms with Crippen molar-refractivity contribution in [2.45, 2.75) is 0 Å². The second kappa shape index (κ2) is 8.83. The van der Waals surface area contributed by atoms with Gasteiger partial charge in [-0.05, 0) is 36.4 Å². The van der Waals surface area contributed by atoms with Gasteiger partial charge in [0.1, 0.15) is 11.6 Å². The van der Waals surface area contributed by atoms with E-state index >= 15 is 0 Å². The lowest BCUT2D eigenvalue weighted by molar-refractivity contribution is 0.122. The average molecular weight is 411 g/mol. The molecule has 1 fully saturated rings. The van der Waals surface area contributed by atoms with Crippen LogP contribution in [0.1, 0.15) is 0 Å². The Morgan fingerprint density at radius 1 is 0.967 bits per heavy atom. The van der Waals surface area contributed by atoms with Crippen LogP contribution in [0.5, 0.6) is 0 Å². The molecule has 2 aromatic carbocycles. The summed E-state index contributed by atoms with van der Waals surface area (Å²) in [5.74, 6) is -0.779. The number of benzene rings is 2. The summed E-state index contributed by atoms with van der Waals surface area (Å²) in [6.07, 6.45) is 0. The smallest absolute Gasteiger partial charge is 0.323 e. The van der Waals surface area contributed by atoms with Crippen LogP contribution in [0, 0.1) is 11.6 Å². The van der Waals surface area contributed by atoms with E-state index < -0.39 is 17.7 Å². The Balaban J connectivity index is 1.43. The number of amides is 2. The van der Waals surface area contributed by atoms with E-state index in [1.165, 1.54) is 0 Å². The van der Waals surface area contributed by atoms with Crippen molar-refractivity contribution >= 4 is 23.2 Å². The van der Waals surface area contributed by atoms with Gasteiger partial charge < -0.3 is 20.3 Å². The fraction of sp³-hybridized carbons (Fsp3) is 0.190. The summed E-state index contributed by atoms with van der Waals surface area (Å²) in [5, 5.41) is 13.6. The minimum absolute atomic E-state index is 0.116. The zero-order valence-corrected chi connectivity index (χ0v) is 15.9. The average Bonchev–Trinajstić information content (AvgIpc) is 2.77. The van der Waals surface area contributed by atoms with Crippen LogP contribution in [0.2, 0.25) is 0 Å². The van der Waals surface area contributed by atoms with Crippen molar-refractivity contribution in [1.29, 1.82) is 0 Å². The van der Waals surface area contributed by atoms with E-state index in [0.717, 1.165) is 36.6 Å². The second-order valence-corrected chi connectivity index (χ2v) is 6.66. The van der Waals surface area contributed by atoms with Gasteiger partial charge in [-0.3, -0.25) is 0 Å². The van der Waals surface area contributed by atoms with Crippen molar-refractivity contribution < 1.29 is 18.3 Å². The van der Waals surface area contributed by atoms with E-state index in [4.69, 9.17) is 4.74 Å². The zero-order chi connectivity index (χ0) is 20.9. The highest BCUT2D eigenvalue weighted by molar-refractivity contribution is 6.00. The predicted octanol–water partition coefficient (Wildman–Crippen LogP) is 3.90. The van der Waals surface area contributed by atoms with Gasteiger partial charge >= 0.3 is 6.03 Å². The van der Waals surface area contributed by atoms with Crippen molar-refractivity contribution in [3.05, 3.63) is 66.2 Å². The lowest BCUT2D eigenvalue weighted by Gasteiger charge is -2.27. The summed E-state index contributed by atoms with van der Waals surface area (Å²) in [7, 11) is 0. The van der Waals surface area contributed by atoms with E-state index in [1.54, 1.807) is 18.2 Å². The third-order valence-electron chi connectivity index (χ3n) is 4.58. The van der Waals surface area contributed by atoms with Crippen LogP contribution in [0.25, 0.3) is 11.3 Å². The standard InChI is InChI=1S/C21H19F2N5O2/c22-15-4-5-19(17(23)13-15)25-21(29)24-16-3-1-2-14(12-16)18-6-7-20(27-26-18)28-8-10-30-11-9-28/h1-7,12-13H,8-11H2,(H2,24,25,29).